The number of carbonyl (C=O) groups excluding carboxylic acids is 8. The van der Waals surface area contributed by atoms with Crippen LogP contribution in [0.4, 0.5) is 0 Å². The fraction of sp³-hybridized carbons (Fsp3) is 0.627. The zero-order valence-corrected chi connectivity index (χ0v) is 42.5. The molecule has 68 heavy (non-hydrogen) atoms. The summed E-state index contributed by atoms with van der Waals surface area (Å²) in [7, 11) is 0. The van der Waals surface area contributed by atoms with Gasteiger partial charge in [0.25, 0.3) is 0 Å². The molecule has 3 aromatic rings. The van der Waals surface area contributed by atoms with Crippen LogP contribution < -0.4 is 27.0 Å². The van der Waals surface area contributed by atoms with Crippen LogP contribution in [0.5, 0.6) is 0 Å². The van der Waals surface area contributed by atoms with Gasteiger partial charge in [0.2, 0.25) is 29.5 Å². The Morgan fingerprint density at radius 1 is 0.706 bits per heavy atom. The molecule has 0 radical (unpaired) electrons. The van der Waals surface area contributed by atoms with E-state index in [4.69, 9.17) is 5.73 Å². The molecule has 3 rings (SSSR count). The van der Waals surface area contributed by atoms with Gasteiger partial charge in [-0.1, -0.05) is 66.7 Å². The number of aromatic amines is 2. The molecule has 0 aliphatic carbocycles. The van der Waals surface area contributed by atoms with Gasteiger partial charge in [0.15, 0.2) is 17.3 Å². The highest BCUT2D eigenvalue weighted by Crippen LogP contribution is 2.24. The average Bonchev–Trinajstić information content (AvgIpc) is 3.95. The Bertz CT molecular complexity index is 2120. The van der Waals surface area contributed by atoms with E-state index in [0.717, 1.165) is 16.5 Å². The Morgan fingerprint density at radius 3 is 2.00 bits per heavy atom. The molecule has 0 aliphatic rings. The zero-order valence-electron chi connectivity index (χ0n) is 41.7. The molecule has 17 heteroatoms. The number of para-hydroxylation sites is 1. The molecule has 0 aliphatic heterocycles. The van der Waals surface area contributed by atoms with Crippen molar-refractivity contribution in [2.24, 2.45) is 41.2 Å². The molecule has 16 nitrogen and oxygen atoms in total. The van der Waals surface area contributed by atoms with Crippen LogP contribution in [0.3, 0.4) is 0 Å². The maximum absolute atomic E-state index is 14.0. The number of benzene rings is 1. The van der Waals surface area contributed by atoms with Crippen molar-refractivity contribution in [3.63, 3.8) is 0 Å². The van der Waals surface area contributed by atoms with Gasteiger partial charge in [-0.05, 0) is 93.3 Å². The lowest BCUT2D eigenvalue weighted by Crippen LogP contribution is -2.48. The Balaban J connectivity index is 1.68. The number of fused-ring (bicyclic) bond motifs is 1. The minimum absolute atomic E-state index is 0.0687. The highest BCUT2D eigenvalue weighted by molar-refractivity contribution is 7.98. The number of aromatic nitrogens is 3. The molecular formula is C51H78N8O8S. The topological polar surface area (TPSA) is 255 Å². The van der Waals surface area contributed by atoms with Crippen molar-refractivity contribution in [3.05, 3.63) is 54.2 Å². The first-order valence-electron chi connectivity index (χ1n) is 24.2. The summed E-state index contributed by atoms with van der Waals surface area (Å²) in [5.41, 5.74) is 8.03. The third kappa shape index (κ3) is 19.7. The van der Waals surface area contributed by atoms with Crippen molar-refractivity contribution in [1.29, 1.82) is 0 Å². The van der Waals surface area contributed by atoms with Crippen LogP contribution in [0.15, 0.2) is 43.0 Å². The number of ketones is 3. The predicted octanol–water partition coefficient (Wildman–Crippen LogP) is 5.93. The Morgan fingerprint density at radius 2 is 1.38 bits per heavy atom. The van der Waals surface area contributed by atoms with E-state index in [2.05, 4.69) is 36.2 Å². The number of Topliss-reactive ketones (excluding diaryl/α,β-unsaturated/α-hetero) is 3. The summed E-state index contributed by atoms with van der Waals surface area (Å²) in [6.45, 7) is 14.8. The number of nitrogens with two attached hydrogens (primary N) is 1. The standard InChI is InChI=1S/C51H78N8O8S/c1-30(2)22-35(15-18-46(52)63)50(66)56-38(24-37-27-54-42-13-11-10-12-40(37)42)16-14-33(7)49(65)59-48(32(5)6)44(61)17-19-47(64)57-43(26-39-28-53-29-55-39)45(62)25-36(23-31(3)4)51(67)58-41(34(8)60)20-21-68-9/h10-13,27-33,35-36,38,41,43,48,54H,14-26H2,1-9H3,(H2,52,63)(H,53,55)(H,56,66)(H,57,64)(H,58,67)(H,59,65)/t33-,35-,36-,38-,41+,43+,48+/m1/s1. The van der Waals surface area contributed by atoms with E-state index in [-0.39, 0.29) is 91.0 Å². The molecule has 0 spiro atoms. The highest BCUT2D eigenvalue weighted by Gasteiger charge is 2.32. The summed E-state index contributed by atoms with van der Waals surface area (Å²) in [6, 6.07) is 5.00. The second-order valence-electron chi connectivity index (χ2n) is 19.6. The Labute approximate surface area is 406 Å². The molecular weight excluding hydrogens is 885 g/mol. The number of primary amides is 1. The Hall–Kier alpha value is -5.32. The fourth-order valence-corrected chi connectivity index (χ4v) is 8.98. The summed E-state index contributed by atoms with van der Waals surface area (Å²) in [5.74, 6) is -3.73. The van der Waals surface area contributed by atoms with Gasteiger partial charge in [0.1, 0.15) is 0 Å². The van der Waals surface area contributed by atoms with Crippen molar-refractivity contribution in [3.8, 4) is 0 Å². The van der Waals surface area contributed by atoms with Crippen molar-refractivity contribution < 1.29 is 38.4 Å². The van der Waals surface area contributed by atoms with E-state index in [1.54, 1.807) is 24.9 Å². The summed E-state index contributed by atoms with van der Waals surface area (Å²) in [4.78, 5) is 117. The maximum Gasteiger partial charge on any atom is 0.224 e. The molecule has 0 saturated carbocycles. The molecule has 0 fully saturated rings. The molecule has 2 aromatic heterocycles. The number of nitrogens with zero attached hydrogens (tertiary/aromatic N) is 1. The molecule has 8 N–H and O–H groups in total. The lowest BCUT2D eigenvalue weighted by atomic mass is 9.88. The summed E-state index contributed by atoms with van der Waals surface area (Å²) in [6.07, 6.45) is 9.62. The number of hydrogen-bond donors (Lipinski definition) is 7. The monoisotopic (exact) mass is 963 g/mol. The van der Waals surface area contributed by atoms with Gasteiger partial charge in [0.05, 0.1) is 24.5 Å². The van der Waals surface area contributed by atoms with E-state index >= 15 is 0 Å². The van der Waals surface area contributed by atoms with Gasteiger partial charge in [-0.2, -0.15) is 11.8 Å². The van der Waals surface area contributed by atoms with Crippen LogP contribution in [0.25, 0.3) is 10.9 Å². The molecule has 2 heterocycles. The van der Waals surface area contributed by atoms with Gasteiger partial charge in [-0.25, -0.2) is 4.98 Å². The van der Waals surface area contributed by atoms with Crippen molar-refractivity contribution >= 4 is 69.6 Å². The van der Waals surface area contributed by atoms with Crippen LogP contribution >= 0.6 is 11.8 Å². The molecule has 0 saturated heterocycles. The van der Waals surface area contributed by atoms with Gasteiger partial charge in [-0.3, -0.25) is 38.4 Å². The number of H-pyrrole nitrogens is 2. The lowest BCUT2D eigenvalue weighted by molar-refractivity contribution is -0.134. The first-order valence-corrected chi connectivity index (χ1v) is 25.6. The van der Waals surface area contributed by atoms with Crippen LogP contribution in [-0.2, 0) is 51.2 Å². The van der Waals surface area contributed by atoms with Crippen molar-refractivity contribution in [2.75, 3.05) is 12.0 Å². The van der Waals surface area contributed by atoms with Crippen molar-refractivity contribution in [2.45, 2.75) is 157 Å². The average molecular weight is 963 g/mol. The molecule has 0 unspecified atom stereocenters. The third-order valence-electron chi connectivity index (χ3n) is 12.4. The van der Waals surface area contributed by atoms with Crippen LogP contribution in [0.1, 0.15) is 131 Å². The number of nitrogens with one attached hydrogen (secondary N) is 6. The Kier molecular flexibility index (Phi) is 24.2. The summed E-state index contributed by atoms with van der Waals surface area (Å²) >= 11 is 1.57. The number of hydrogen-bond acceptors (Lipinski definition) is 10. The second-order valence-corrected chi connectivity index (χ2v) is 20.6. The predicted molar refractivity (Wildman–Crippen MR) is 267 cm³/mol. The number of carbonyl (C=O) groups is 8. The fourth-order valence-electron chi connectivity index (χ4n) is 8.51. The first-order chi connectivity index (χ1) is 32.2. The van der Waals surface area contributed by atoms with E-state index in [1.165, 1.54) is 13.3 Å². The largest absolute Gasteiger partial charge is 0.370 e. The second kappa shape index (κ2) is 28.9. The van der Waals surface area contributed by atoms with Gasteiger partial charge < -0.3 is 37.0 Å². The quantitative estimate of drug-likeness (QED) is 0.0379. The van der Waals surface area contributed by atoms with Crippen LogP contribution in [-0.4, -0.2) is 98.0 Å². The highest BCUT2D eigenvalue weighted by atomic mass is 32.2. The number of thioether (sulfide) groups is 1. The van der Waals surface area contributed by atoms with Gasteiger partial charge in [-0.15, -0.1) is 0 Å². The minimum Gasteiger partial charge on any atom is -0.370 e. The normalized spacial score (nSPS) is 14.7. The number of imidazole rings is 1. The first kappa shape index (κ1) is 57.0. The number of amides is 5. The lowest BCUT2D eigenvalue weighted by Gasteiger charge is -2.26. The van der Waals surface area contributed by atoms with Crippen LogP contribution in [0, 0.1) is 35.5 Å². The maximum atomic E-state index is 14.0. The van der Waals surface area contributed by atoms with Gasteiger partial charge in [0, 0.05) is 84.9 Å². The third-order valence-corrected chi connectivity index (χ3v) is 13.0. The molecule has 7 atom stereocenters. The van der Waals surface area contributed by atoms with Gasteiger partial charge >= 0.3 is 0 Å². The minimum atomic E-state index is -1.03. The molecule has 5 amide bonds. The molecule has 1 aromatic carbocycles. The van der Waals surface area contributed by atoms with Crippen LogP contribution in [0.2, 0.25) is 0 Å². The molecule has 376 valence electrons. The molecule has 0 bridgehead atoms. The van der Waals surface area contributed by atoms with Crippen molar-refractivity contribution in [1.82, 2.24) is 36.2 Å². The SMILES string of the molecule is CSCC[C@H](NC(=O)[C@@H](CC(=O)[C@H](Cc1cnc[nH]1)NC(=O)CCC(=O)[C@@H](NC(=O)[C@H](C)CC[C@H](Cc1c[nH]c2ccccc12)NC(=O)[C@H](CCC(N)=O)CC(C)C)C(C)C)CC(C)C)C(C)=O. The number of rotatable bonds is 33. The van der Waals surface area contributed by atoms with E-state index in [0.29, 0.717) is 56.4 Å². The summed E-state index contributed by atoms with van der Waals surface area (Å²) in [5, 5.41) is 12.9. The smallest absolute Gasteiger partial charge is 0.224 e. The van der Waals surface area contributed by atoms with E-state index in [9.17, 15) is 38.4 Å². The summed E-state index contributed by atoms with van der Waals surface area (Å²) < 4.78 is 0. The zero-order chi connectivity index (χ0) is 50.5. The van der Waals surface area contributed by atoms with E-state index < -0.39 is 47.7 Å². The van der Waals surface area contributed by atoms with E-state index in [1.807, 2.05) is 78.3 Å².